The molecule has 0 aliphatic rings. The number of aryl methyl sites for hydroxylation is 3. The Balaban J connectivity index is 1.36. The fourth-order valence-corrected chi connectivity index (χ4v) is 4.34. The third-order valence-corrected chi connectivity index (χ3v) is 6.39. The van der Waals surface area contributed by atoms with Crippen LogP contribution in [0, 0.1) is 6.92 Å². The molecule has 0 aliphatic heterocycles. The lowest BCUT2D eigenvalue weighted by molar-refractivity contribution is -0.118. The van der Waals surface area contributed by atoms with Crippen molar-refractivity contribution in [3.8, 4) is 22.6 Å². The summed E-state index contributed by atoms with van der Waals surface area (Å²) in [7, 11) is 3.82. The summed E-state index contributed by atoms with van der Waals surface area (Å²) in [6.07, 6.45) is 3.82. The number of thioether (sulfide) groups is 1. The molecule has 0 aliphatic carbocycles. The van der Waals surface area contributed by atoms with Crippen LogP contribution >= 0.6 is 11.8 Å². The number of carbonyl (C=O) groups is 1. The molecule has 170 valence electrons. The van der Waals surface area contributed by atoms with Crippen molar-refractivity contribution in [1.82, 2.24) is 29.9 Å². The Morgan fingerprint density at radius 3 is 2.55 bits per heavy atom. The molecule has 33 heavy (non-hydrogen) atoms. The van der Waals surface area contributed by atoms with E-state index in [1.807, 2.05) is 43.1 Å². The molecule has 0 atom stereocenters. The first-order valence-electron chi connectivity index (χ1n) is 10.9. The number of nitrogens with one attached hydrogen (secondary N) is 1. The molecule has 2 aromatic heterocycles. The number of amides is 1. The van der Waals surface area contributed by atoms with Crippen LogP contribution in [0.2, 0.25) is 0 Å². The molecule has 7 nitrogen and oxygen atoms in total. The predicted molar refractivity (Wildman–Crippen MR) is 132 cm³/mol. The summed E-state index contributed by atoms with van der Waals surface area (Å²) in [5.74, 6) is 1.03. The van der Waals surface area contributed by atoms with Crippen LogP contribution in [-0.4, -0.2) is 42.7 Å². The van der Waals surface area contributed by atoms with Gasteiger partial charge in [0.1, 0.15) is 5.69 Å². The number of hydrogen-bond donors (Lipinski definition) is 1. The summed E-state index contributed by atoms with van der Waals surface area (Å²) in [6, 6.07) is 18.6. The molecule has 1 N–H and O–H groups in total. The monoisotopic (exact) mass is 460 g/mol. The number of aromatic nitrogens is 5. The van der Waals surface area contributed by atoms with Crippen molar-refractivity contribution in [3.05, 3.63) is 71.9 Å². The van der Waals surface area contributed by atoms with Crippen molar-refractivity contribution >= 4 is 17.7 Å². The van der Waals surface area contributed by atoms with Crippen molar-refractivity contribution in [1.29, 1.82) is 0 Å². The van der Waals surface area contributed by atoms with Gasteiger partial charge in [-0.15, -0.1) is 10.2 Å². The van der Waals surface area contributed by atoms with Crippen molar-refractivity contribution in [3.63, 3.8) is 0 Å². The highest BCUT2D eigenvalue weighted by molar-refractivity contribution is 7.99. The highest BCUT2D eigenvalue weighted by Gasteiger charge is 2.19. The maximum Gasteiger partial charge on any atom is 0.230 e. The lowest BCUT2D eigenvalue weighted by Gasteiger charge is -2.06. The first kappa shape index (κ1) is 22.8. The first-order valence-corrected chi connectivity index (χ1v) is 11.9. The van der Waals surface area contributed by atoms with Gasteiger partial charge in [-0.2, -0.15) is 5.10 Å². The second-order valence-electron chi connectivity index (χ2n) is 8.02. The summed E-state index contributed by atoms with van der Waals surface area (Å²) in [4.78, 5) is 12.3. The van der Waals surface area contributed by atoms with Gasteiger partial charge in [-0.05, 0) is 25.3 Å². The van der Waals surface area contributed by atoms with Gasteiger partial charge in [0.05, 0.1) is 11.3 Å². The Bertz CT molecular complexity index is 1210. The number of carbonyl (C=O) groups excluding carboxylic acids is 1. The molecule has 0 bridgehead atoms. The normalized spacial score (nSPS) is 11.0. The Labute approximate surface area is 198 Å². The van der Waals surface area contributed by atoms with E-state index in [1.54, 1.807) is 4.68 Å². The van der Waals surface area contributed by atoms with Crippen LogP contribution in [-0.2, 0) is 25.3 Å². The highest BCUT2D eigenvalue weighted by atomic mass is 32.2. The van der Waals surface area contributed by atoms with Gasteiger partial charge in [-0.25, -0.2) is 0 Å². The van der Waals surface area contributed by atoms with E-state index >= 15 is 0 Å². The van der Waals surface area contributed by atoms with Crippen molar-refractivity contribution in [2.24, 2.45) is 14.1 Å². The molecular formula is C25H28N6OS. The molecule has 0 fully saturated rings. The molecule has 0 spiro atoms. The molecular weight excluding hydrogens is 432 g/mol. The molecule has 0 saturated heterocycles. The Morgan fingerprint density at radius 2 is 1.79 bits per heavy atom. The van der Waals surface area contributed by atoms with Gasteiger partial charge >= 0.3 is 0 Å². The minimum absolute atomic E-state index is 0.000617. The van der Waals surface area contributed by atoms with Crippen molar-refractivity contribution in [2.75, 3.05) is 12.3 Å². The minimum Gasteiger partial charge on any atom is -0.355 e. The van der Waals surface area contributed by atoms with Gasteiger partial charge in [0.25, 0.3) is 0 Å². The van der Waals surface area contributed by atoms with E-state index in [-0.39, 0.29) is 5.91 Å². The molecule has 0 saturated carbocycles. The molecule has 8 heteroatoms. The van der Waals surface area contributed by atoms with Gasteiger partial charge in [-0.1, -0.05) is 71.9 Å². The lowest BCUT2D eigenvalue weighted by atomic mass is 10.1. The van der Waals surface area contributed by atoms with E-state index in [9.17, 15) is 4.79 Å². The van der Waals surface area contributed by atoms with Crippen LogP contribution in [0.5, 0.6) is 0 Å². The quantitative estimate of drug-likeness (QED) is 0.301. The van der Waals surface area contributed by atoms with Gasteiger partial charge in [0, 0.05) is 32.4 Å². The number of benzene rings is 2. The predicted octanol–water partition coefficient (Wildman–Crippen LogP) is 4.03. The molecule has 0 radical (unpaired) electrons. The lowest BCUT2D eigenvalue weighted by Crippen LogP contribution is -2.26. The maximum atomic E-state index is 12.3. The van der Waals surface area contributed by atoms with E-state index in [0.29, 0.717) is 17.5 Å². The summed E-state index contributed by atoms with van der Waals surface area (Å²) in [6.45, 7) is 2.72. The maximum absolute atomic E-state index is 12.3. The summed E-state index contributed by atoms with van der Waals surface area (Å²) < 4.78 is 3.71. The van der Waals surface area contributed by atoms with Gasteiger partial charge in [-0.3, -0.25) is 9.48 Å². The Morgan fingerprint density at radius 1 is 1.03 bits per heavy atom. The number of nitrogens with zero attached hydrogens (tertiary/aromatic N) is 5. The highest BCUT2D eigenvalue weighted by Crippen LogP contribution is 2.31. The van der Waals surface area contributed by atoms with Gasteiger partial charge in [0.15, 0.2) is 11.0 Å². The zero-order valence-electron chi connectivity index (χ0n) is 19.2. The Hall–Kier alpha value is -3.39. The van der Waals surface area contributed by atoms with Crippen LogP contribution in [0.15, 0.2) is 66.0 Å². The topological polar surface area (TPSA) is 77.6 Å². The largest absolute Gasteiger partial charge is 0.355 e. The van der Waals surface area contributed by atoms with Crippen molar-refractivity contribution < 1.29 is 4.79 Å². The van der Waals surface area contributed by atoms with E-state index in [1.165, 1.54) is 22.9 Å². The van der Waals surface area contributed by atoms with Crippen LogP contribution in [0.4, 0.5) is 0 Å². The molecule has 4 aromatic rings. The SMILES string of the molecule is Cc1ccc(-c2nn(C)cc2-c2nnc(SCC(=O)NCCCc3ccccc3)n2C)cc1. The zero-order valence-corrected chi connectivity index (χ0v) is 20.0. The molecule has 4 rings (SSSR count). The third-order valence-electron chi connectivity index (χ3n) is 5.37. The fourth-order valence-electron chi connectivity index (χ4n) is 3.60. The third kappa shape index (κ3) is 5.70. The van der Waals surface area contributed by atoms with E-state index < -0.39 is 0 Å². The van der Waals surface area contributed by atoms with E-state index in [0.717, 1.165) is 35.5 Å². The van der Waals surface area contributed by atoms with Crippen LogP contribution in [0.3, 0.4) is 0 Å². The van der Waals surface area contributed by atoms with Crippen LogP contribution in [0.1, 0.15) is 17.5 Å². The van der Waals surface area contributed by atoms with Crippen LogP contribution in [0.25, 0.3) is 22.6 Å². The minimum atomic E-state index is -0.000617. The molecule has 2 aromatic carbocycles. The smallest absolute Gasteiger partial charge is 0.230 e. The summed E-state index contributed by atoms with van der Waals surface area (Å²) in [5.41, 5.74) is 5.29. The first-order chi connectivity index (χ1) is 16.0. The van der Waals surface area contributed by atoms with Crippen molar-refractivity contribution in [2.45, 2.75) is 24.9 Å². The standard InChI is InChI=1S/C25H28N6OS/c1-18-11-13-20(14-12-18)23-21(16-30(2)29-23)24-27-28-25(31(24)3)33-17-22(32)26-15-7-10-19-8-5-4-6-9-19/h4-6,8-9,11-14,16H,7,10,15,17H2,1-3H3,(H,26,32). The van der Waals surface area contributed by atoms with E-state index in [4.69, 9.17) is 0 Å². The van der Waals surface area contributed by atoms with Gasteiger partial charge < -0.3 is 9.88 Å². The second-order valence-corrected chi connectivity index (χ2v) is 8.97. The van der Waals surface area contributed by atoms with Crippen LogP contribution < -0.4 is 5.32 Å². The average Bonchev–Trinajstić information content (AvgIpc) is 3.38. The van der Waals surface area contributed by atoms with Gasteiger partial charge in [0.2, 0.25) is 5.91 Å². The summed E-state index contributed by atoms with van der Waals surface area (Å²) in [5, 5.41) is 17.0. The van der Waals surface area contributed by atoms with E-state index in [2.05, 4.69) is 63.9 Å². The molecule has 0 unspecified atom stereocenters. The molecule has 2 heterocycles. The number of rotatable bonds is 9. The summed E-state index contributed by atoms with van der Waals surface area (Å²) >= 11 is 1.39. The Kier molecular flexibility index (Phi) is 7.24. The average molecular weight is 461 g/mol. The fraction of sp³-hybridized carbons (Fsp3) is 0.280. The molecule has 1 amide bonds. The number of hydrogen-bond acceptors (Lipinski definition) is 5. The zero-order chi connectivity index (χ0) is 23.2. The second kappa shape index (κ2) is 10.5.